The van der Waals surface area contributed by atoms with Crippen molar-refractivity contribution in [2.45, 2.75) is 59.4 Å². The van der Waals surface area contributed by atoms with Crippen LogP contribution in [0.5, 0.6) is 0 Å². The quantitative estimate of drug-likeness (QED) is 0.700. The standard InChI is InChI=1S/C14H28N2O3/c1-6-7-8-9-16(5)13(19)15-11(10-12(17)18)14(2,3)4/h11H,6-10H2,1-5H3,(H,15,19)(H,17,18). The van der Waals surface area contributed by atoms with Crippen LogP contribution in [0.2, 0.25) is 0 Å². The van der Waals surface area contributed by atoms with Crippen LogP contribution in [0.15, 0.2) is 0 Å². The summed E-state index contributed by atoms with van der Waals surface area (Å²) in [5, 5.41) is 11.7. The summed E-state index contributed by atoms with van der Waals surface area (Å²) in [6.45, 7) is 8.60. The van der Waals surface area contributed by atoms with Gasteiger partial charge in [-0.2, -0.15) is 0 Å². The maximum absolute atomic E-state index is 12.0. The molecule has 5 nitrogen and oxygen atoms in total. The van der Waals surface area contributed by atoms with Gasteiger partial charge in [0.2, 0.25) is 0 Å². The highest BCUT2D eigenvalue weighted by molar-refractivity contribution is 5.75. The first kappa shape index (κ1) is 17.7. The summed E-state index contributed by atoms with van der Waals surface area (Å²) in [4.78, 5) is 24.5. The minimum Gasteiger partial charge on any atom is -0.481 e. The van der Waals surface area contributed by atoms with Gasteiger partial charge >= 0.3 is 12.0 Å². The molecule has 0 aromatic heterocycles. The van der Waals surface area contributed by atoms with Crippen molar-refractivity contribution in [3.05, 3.63) is 0 Å². The van der Waals surface area contributed by atoms with Crippen molar-refractivity contribution in [1.29, 1.82) is 0 Å². The number of carbonyl (C=O) groups excluding carboxylic acids is 1. The Balaban J connectivity index is 4.41. The molecule has 0 bridgehead atoms. The van der Waals surface area contributed by atoms with Gasteiger partial charge in [0.05, 0.1) is 6.42 Å². The molecular formula is C14H28N2O3. The average Bonchev–Trinajstić information content (AvgIpc) is 2.26. The molecule has 0 aliphatic rings. The molecule has 1 atom stereocenters. The van der Waals surface area contributed by atoms with E-state index in [-0.39, 0.29) is 23.9 Å². The molecule has 0 rings (SSSR count). The zero-order valence-electron chi connectivity index (χ0n) is 12.8. The van der Waals surface area contributed by atoms with Crippen LogP contribution in [-0.4, -0.2) is 41.6 Å². The number of urea groups is 1. The number of carbonyl (C=O) groups is 2. The Kier molecular flexibility index (Phi) is 7.49. The first-order valence-electron chi connectivity index (χ1n) is 6.92. The zero-order valence-corrected chi connectivity index (χ0v) is 12.8. The molecule has 1 unspecified atom stereocenters. The van der Waals surface area contributed by atoms with Crippen molar-refractivity contribution in [3.63, 3.8) is 0 Å². The number of amides is 2. The van der Waals surface area contributed by atoms with Crippen molar-refractivity contribution < 1.29 is 14.7 Å². The third-order valence-corrected chi connectivity index (χ3v) is 3.17. The van der Waals surface area contributed by atoms with Crippen LogP contribution >= 0.6 is 0 Å². The van der Waals surface area contributed by atoms with Crippen LogP contribution in [0.1, 0.15) is 53.4 Å². The zero-order chi connectivity index (χ0) is 15.1. The molecule has 0 aliphatic carbocycles. The number of aliphatic carboxylic acids is 1. The SMILES string of the molecule is CCCCCN(C)C(=O)NC(CC(=O)O)C(C)(C)C. The highest BCUT2D eigenvalue weighted by atomic mass is 16.4. The fourth-order valence-corrected chi connectivity index (χ4v) is 1.71. The van der Waals surface area contributed by atoms with E-state index >= 15 is 0 Å². The number of nitrogens with zero attached hydrogens (tertiary/aromatic N) is 1. The van der Waals surface area contributed by atoms with Crippen LogP contribution < -0.4 is 5.32 Å². The summed E-state index contributed by atoms with van der Waals surface area (Å²) < 4.78 is 0. The van der Waals surface area contributed by atoms with Gasteiger partial charge in [0.1, 0.15) is 0 Å². The summed E-state index contributed by atoms with van der Waals surface area (Å²) in [5.41, 5.74) is -0.279. The number of hydrogen-bond donors (Lipinski definition) is 2. The molecule has 0 spiro atoms. The van der Waals surface area contributed by atoms with Gasteiger partial charge in [0.15, 0.2) is 0 Å². The molecule has 0 aromatic carbocycles. The van der Waals surface area contributed by atoms with Gasteiger partial charge in [-0.3, -0.25) is 4.79 Å². The van der Waals surface area contributed by atoms with Crippen molar-refractivity contribution in [2.75, 3.05) is 13.6 Å². The summed E-state index contributed by atoms with van der Waals surface area (Å²) in [7, 11) is 1.74. The van der Waals surface area contributed by atoms with Crippen LogP contribution in [0.25, 0.3) is 0 Å². The first-order valence-corrected chi connectivity index (χ1v) is 6.92. The lowest BCUT2D eigenvalue weighted by Crippen LogP contribution is -2.49. The second kappa shape index (κ2) is 8.02. The van der Waals surface area contributed by atoms with Crippen LogP contribution in [0.4, 0.5) is 4.79 Å². The summed E-state index contributed by atoms with van der Waals surface area (Å²) >= 11 is 0. The van der Waals surface area contributed by atoms with Gasteiger partial charge < -0.3 is 15.3 Å². The minimum atomic E-state index is -0.895. The second-order valence-corrected chi connectivity index (χ2v) is 6.09. The van der Waals surface area contributed by atoms with Gasteiger partial charge in [0, 0.05) is 19.6 Å². The number of unbranched alkanes of at least 4 members (excludes halogenated alkanes) is 2. The molecule has 0 aromatic rings. The smallest absolute Gasteiger partial charge is 0.317 e. The Labute approximate surface area is 116 Å². The third kappa shape index (κ3) is 7.70. The fourth-order valence-electron chi connectivity index (χ4n) is 1.71. The molecule has 19 heavy (non-hydrogen) atoms. The van der Waals surface area contributed by atoms with Gasteiger partial charge in [-0.1, -0.05) is 40.5 Å². The second-order valence-electron chi connectivity index (χ2n) is 6.09. The molecule has 0 saturated heterocycles. The normalized spacial score (nSPS) is 12.9. The Hall–Kier alpha value is -1.26. The maximum atomic E-state index is 12.0. The van der Waals surface area contributed by atoms with E-state index in [2.05, 4.69) is 12.2 Å². The topological polar surface area (TPSA) is 69.6 Å². The largest absolute Gasteiger partial charge is 0.481 e. The minimum absolute atomic E-state index is 0.0575. The lowest BCUT2D eigenvalue weighted by molar-refractivity contribution is -0.138. The first-order chi connectivity index (χ1) is 8.68. The monoisotopic (exact) mass is 272 g/mol. The maximum Gasteiger partial charge on any atom is 0.317 e. The van der Waals surface area contributed by atoms with Gasteiger partial charge in [0.25, 0.3) is 0 Å². The lowest BCUT2D eigenvalue weighted by Gasteiger charge is -2.32. The van der Waals surface area contributed by atoms with E-state index in [1.807, 2.05) is 20.8 Å². The van der Waals surface area contributed by atoms with Gasteiger partial charge in [-0.25, -0.2) is 4.79 Å². The number of nitrogens with one attached hydrogen (secondary N) is 1. The number of carboxylic acid groups (broad SMARTS) is 1. The van der Waals surface area contributed by atoms with E-state index in [0.717, 1.165) is 19.3 Å². The molecule has 0 aliphatic heterocycles. The number of carboxylic acids is 1. The Morgan fingerprint density at radius 1 is 1.26 bits per heavy atom. The van der Waals surface area contributed by atoms with E-state index in [0.29, 0.717) is 6.54 Å². The summed E-state index contributed by atoms with van der Waals surface area (Å²) in [5.74, 6) is -0.895. The lowest BCUT2D eigenvalue weighted by atomic mass is 9.85. The van der Waals surface area contributed by atoms with E-state index in [1.54, 1.807) is 11.9 Å². The van der Waals surface area contributed by atoms with Crippen molar-refractivity contribution in [1.82, 2.24) is 10.2 Å². The van der Waals surface area contributed by atoms with Crippen LogP contribution in [0, 0.1) is 5.41 Å². The van der Waals surface area contributed by atoms with Crippen molar-refractivity contribution in [2.24, 2.45) is 5.41 Å². The Bertz CT molecular complexity index is 298. The Morgan fingerprint density at radius 2 is 1.84 bits per heavy atom. The highest BCUT2D eigenvalue weighted by Gasteiger charge is 2.29. The predicted molar refractivity (Wildman–Crippen MR) is 76.2 cm³/mol. The van der Waals surface area contributed by atoms with Crippen molar-refractivity contribution >= 4 is 12.0 Å². The molecule has 0 radical (unpaired) electrons. The molecule has 0 saturated carbocycles. The molecule has 2 amide bonds. The number of hydrogen-bond acceptors (Lipinski definition) is 2. The van der Waals surface area contributed by atoms with Crippen molar-refractivity contribution in [3.8, 4) is 0 Å². The molecule has 5 heteroatoms. The summed E-state index contributed by atoms with van der Waals surface area (Å²) in [6.07, 6.45) is 3.12. The van der Waals surface area contributed by atoms with Crippen LogP contribution in [0.3, 0.4) is 0 Å². The molecule has 112 valence electrons. The molecule has 2 N–H and O–H groups in total. The average molecular weight is 272 g/mol. The third-order valence-electron chi connectivity index (χ3n) is 3.17. The van der Waals surface area contributed by atoms with E-state index in [1.165, 1.54) is 0 Å². The van der Waals surface area contributed by atoms with E-state index in [9.17, 15) is 9.59 Å². The highest BCUT2D eigenvalue weighted by Crippen LogP contribution is 2.22. The molecule has 0 heterocycles. The van der Waals surface area contributed by atoms with E-state index in [4.69, 9.17) is 5.11 Å². The summed E-state index contributed by atoms with van der Waals surface area (Å²) in [6, 6.07) is -0.566. The molecule has 0 fully saturated rings. The molecular weight excluding hydrogens is 244 g/mol. The number of rotatable bonds is 7. The Morgan fingerprint density at radius 3 is 2.26 bits per heavy atom. The van der Waals surface area contributed by atoms with Gasteiger partial charge in [-0.15, -0.1) is 0 Å². The van der Waals surface area contributed by atoms with Gasteiger partial charge in [-0.05, 0) is 11.8 Å². The fraction of sp³-hybridized carbons (Fsp3) is 0.857. The van der Waals surface area contributed by atoms with E-state index < -0.39 is 5.97 Å². The van der Waals surface area contributed by atoms with Crippen LogP contribution in [-0.2, 0) is 4.79 Å². The predicted octanol–water partition coefficient (Wildman–Crippen LogP) is 2.71.